The minimum atomic E-state index is -0.561. The van der Waals surface area contributed by atoms with Crippen LogP contribution in [0.25, 0.3) is 10.8 Å². The molecule has 4 aromatic rings. The average Bonchev–Trinajstić information content (AvgIpc) is 3.27. The maximum Gasteiger partial charge on any atom is 0.418 e. The van der Waals surface area contributed by atoms with Gasteiger partial charge in [-0.3, -0.25) is 4.57 Å². The van der Waals surface area contributed by atoms with Crippen LogP contribution in [0.1, 0.15) is 37.6 Å². The van der Waals surface area contributed by atoms with Crippen molar-refractivity contribution in [3.63, 3.8) is 0 Å². The molecule has 0 atom stereocenters. The molecule has 0 aliphatic carbocycles. The van der Waals surface area contributed by atoms with Crippen LogP contribution < -0.4 is 10.2 Å². The summed E-state index contributed by atoms with van der Waals surface area (Å²) in [6.07, 6.45) is 5.45. The third-order valence-electron chi connectivity index (χ3n) is 5.96. The number of nitrogens with one attached hydrogen (secondary N) is 1. The van der Waals surface area contributed by atoms with E-state index in [1.807, 2.05) is 51.1 Å². The van der Waals surface area contributed by atoms with E-state index in [0.29, 0.717) is 17.1 Å². The first-order valence-corrected chi connectivity index (χ1v) is 12.0. The van der Waals surface area contributed by atoms with Gasteiger partial charge < -0.3 is 15.0 Å². The molecule has 1 N–H and O–H groups in total. The molecular formula is C27H25ClN6O2. The van der Waals surface area contributed by atoms with Gasteiger partial charge in [-0.05, 0) is 57.5 Å². The summed E-state index contributed by atoms with van der Waals surface area (Å²) in [5, 5.41) is 14.9. The third-order valence-corrected chi connectivity index (χ3v) is 6.27. The van der Waals surface area contributed by atoms with Crippen LogP contribution in [0.5, 0.6) is 0 Å². The van der Waals surface area contributed by atoms with Gasteiger partial charge in [-0.15, -0.1) is 0 Å². The largest absolute Gasteiger partial charge is 0.443 e. The Morgan fingerprint density at radius 3 is 2.69 bits per heavy atom. The summed E-state index contributed by atoms with van der Waals surface area (Å²) in [6, 6.07) is 13.5. The average molecular weight is 501 g/mol. The minimum Gasteiger partial charge on any atom is -0.443 e. The molecule has 2 aromatic heterocycles. The van der Waals surface area contributed by atoms with Crippen LogP contribution in [0.2, 0.25) is 5.02 Å². The van der Waals surface area contributed by atoms with Crippen LogP contribution >= 0.6 is 11.6 Å². The molecule has 0 amide bonds. The third kappa shape index (κ3) is 4.83. The van der Waals surface area contributed by atoms with Gasteiger partial charge in [0, 0.05) is 46.6 Å². The number of nitriles is 1. The number of hydrogen-bond donors (Lipinski definition) is 1. The molecule has 9 heteroatoms. The van der Waals surface area contributed by atoms with E-state index in [0.717, 1.165) is 52.2 Å². The number of ether oxygens (including phenoxy) is 1. The Bertz CT molecular complexity index is 1520. The number of anilines is 3. The van der Waals surface area contributed by atoms with Crippen molar-refractivity contribution < 1.29 is 9.53 Å². The zero-order valence-corrected chi connectivity index (χ0v) is 21.0. The second kappa shape index (κ2) is 9.17. The van der Waals surface area contributed by atoms with E-state index in [-0.39, 0.29) is 0 Å². The van der Waals surface area contributed by atoms with Crippen LogP contribution in [-0.2, 0) is 17.7 Å². The topological polar surface area (TPSA) is 96.1 Å². The summed E-state index contributed by atoms with van der Waals surface area (Å²) in [4.78, 5) is 23.6. The normalized spacial score (nSPS) is 13.2. The van der Waals surface area contributed by atoms with Crippen molar-refractivity contribution in [1.82, 2.24) is 14.5 Å². The minimum absolute atomic E-state index is 0.411. The fourth-order valence-corrected chi connectivity index (χ4v) is 4.47. The maximum absolute atomic E-state index is 12.4. The molecule has 1 aliphatic rings. The Kier molecular flexibility index (Phi) is 6.02. The molecule has 0 saturated heterocycles. The summed E-state index contributed by atoms with van der Waals surface area (Å²) in [6.45, 7) is 6.92. The summed E-state index contributed by atoms with van der Waals surface area (Å²) in [5.41, 5.74) is 3.74. The van der Waals surface area contributed by atoms with Crippen LogP contribution in [0.3, 0.4) is 0 Å². The smallest absolute Gasteiger partial charge is 0.418 e. The number of aromatic nitrogens is 3. The van der Waals surface area contributed by atoms with Crippen LogP contribution in [0.15, 0.2) is 55.1 Å². The van der Waals surface area contributed by atoms with E-state index in [4.69, 9.17) is 21.6 Å². The molecule has 0 unspecified atom stereocenters. The molecule has 0 bridgehead atoms. The predicted molar refractivity (Wildman–Crippen MR) is 140 cm³/mol. The first-order valence-electron chi connectivity index (χ1n) is 11.6. The Balaban J connectivity index is 1.36. The highest BCUT2D eigenvalue weighted by molar-refractivity contribution is 6.32. The van der Waals surface area contributed by atoms with Gasteiger partial charge in [0.05, 0.1) is 22.8 Å². The summed E-state index contributed by atoms with van der Waals surface area (Å²) < 4.78 is 6.93. The Morgan fingerprint density at radius 2 is 1.94 bits per heavy atom. The number of hydrogen-bond acceptors (Lipinski definition) is 7. The highest BCUT2D eigenvalue weighted by Gasteiger charge is 2.22. The molecule has 1 aliphatic heterocycles. The van der Waals surface area contributed by atoms with Crippen molar-refractivity contribution in [3.8, 4) is 6.07 Å². The predicted octanol–water partition coefficient (Wildman–Crippen LogP) is 6.05. The molecule has 182 valence electrons. The molecule has 5 rings (SSSR count). The van der Waals surface area contributed by atoms with E-state index in [2.05, 4.69) is 26.3 Å². The lowest BCUT2D eigenvalue weighted by molar-refractivity contribution is 0.0538. The zero-order valence-electron chi connectivity index (χ0n) is 20.2. The molecule has 0 radical (unpaired) electrons. The first kappa shape index (κ1) is 23.6. The number of carbonyl (C=O) groups excluding carboxylic acids is 1. The Labute approximate surface area is 214 Å². The number of carbonyl (C=O) groups is 1. The van der Waals surface area contributed by atoms with Gasteiger partial charge >= 0.3 is 6.09 Å². The molecule has 0 fully saturated rings. The molecule has 36 heavy (non-hydrogen) atoms. The fraction of sp³-hybridized carbons (Fsp3) is 0.259. The standard InChI is InChI=1S/C27H25ClN6O2/c1-27(2,3)36-26(35)34-13-18-4-6-20(10-19(18)14-34)32-25-22-8-9-33(15-24(22)30-16-31-25)21-7-5-17(12-29)23(28)11-21/h4-7,10-11,13-14,16H,8-9,15H2,1-3H3,(H,30,31,32). The van der Waals surface area contributed by atoms with Crippen LogP contribution in [-0.4, -0.2) is 32.8 Å². The lowest BCUT2D eigenvalue weighted by Gasteiger charge is -2.31. The zero-order chi connectivity index (χ0) is 25.4. The molecule has 0 saturated carbocycles. The van der Waals surface area contributed by atoms with Crippen molar-refractivity contribution >= 4 is 45.7 Å². The van der Waals surface area contributed by atoms with E-state index < -0.39 is 11.7 Å². The van der Waals surface area contributed by atoms with Gasteiger partial charge in [0.25, 0.3) is 0 Å². The molecule has 0 spiro atoms. The number of benzene rings is 2. The van der Waals surface area contributed by atoms with Gasteiger partial charge in [-0.1, -0.05) is 17.7 Å². The van der Waals surface area contributed by atoms with Crippen molar-refractivity contribution in [1.29, 1.82) is 5.26 Å². The molecular weight excluding hydrogens is 476 g/mol. The van der Waals surface area contributed by atoms with Gasteiger partial charge in [-0.2, -0.15) is 5.26 Å². The molecule has 8 nitrogen and oxygen atoms in total. The van der Waals surface area contributed by atoms with Gasteiger partial charge in [-0.25, -0.2) is 14.8 Å². The highest BCUT2D eigenvalue weighted by atomic mass is 35.5. The summed E-state index contributed by atoms with van der Waals surface area (Å²) in [7, 11) is 0. The number of nitrogens with zero attached hydrogens (tertiary/aromatic N) is 5. The van der Waals surface area contributed by atoms with E-state index in [9.17, 15) is 4.79 Å². The monoisotopic (exact) mass is 500 g/mol. The van der Waals surface area contributed by atoms with Crippen molar-refractivity contribution in [2.45, 2.75) is 39.3 Å². The fourth-order valence-electron chi connectivity index (χ4n) is 4.25. The van der Waals surface area contributed by atoms with Gasteiger partial charge in [0.2, 0.25) is 0 Å². The Hall–Kier alpha value is -4.09. The summed E-state index contributed by atoms with van der Waals surface area (Å²) in [5.74, 6) is 0.767. The second-order valence-electron chi connectivity index (χ2n) is 9.71. The number of rotatable bonds is 3. The first-order chi connectivity index (χ1) is 17.2. The van der Waals surface area contributed by atoms with E-state index in [1.54, 1.807) is 24.8 Å². The quantitative estimate of drug-likeness (QED) is 0.366. The molecule has 2 aromatic carbocycles. The van der Waals surface area contributed by atoms with Crippen LogP contribution in [0, 0.1) is 11.3 Å². The lowest BCUT2D eigenvalue weighted by Crippen LogP contribution is -2.31. The van der Waals surface area contributed by atoms with E-state index >= 15 is 0 Å². The van der Waals surface area contributed by atoms with Gasteiger partial charge in [0.15, 0.2) is 0 Å². The number of halogens is 1. The summed E-state index contributed by atoms with van der Waals surface area (Å²) >= 11 is 6.24. The Morgan fingerprint density at radius 1 is 1.14 bits per heavy atom. The molecule has 3 heterocycles. The lowest BCUT2D eigenvalue weighted by atomic mass is 10.0. The van der Waals surface area contributed by atoms with Crippen LogP contribution in [0.4, 0.5) is 22.0 Å². The second-order valence-corrected chi connectivity index (χ2v) is 10.1. The maximum atomic E-state index is 12.4. The van der Waals surface area contributed by atoms with Gasteiger partial charge in [0.1, 0.15) is 23.8 Å². The SMILES string of the molecule is CC(C)(C)OC(=O)n1cc2ccc(Nc3ncnc4c3CCN(c3ccc(C#N)c(Cl)c3)C4)cc2c1. The highest BCUT2D eigenvalue weighted by Crippen LogP contribution is 2.31. The van der Waals surface area contributed by atoms with Crippen molar-refractivity contribution in [2.24, 2.45) is 0 Å². The van der Waals surface area contributed by atoms with Crippen molar-refractivity contribution in [3.05, 3.63) is 77.0 Å². The van der Waals surface area contributed by atoms with Crippen molar-refractivity contribution in [2.75, 3.05) is 16.8 Å². The number of fused-ring (bicyclic) bond motifs is 2. The van der Waals surface area contributed by atoms with E-state index in [1.165, 1.54) is 4.57 Å².